The topological polar surface area (TPSA) is 55.4 Å². The lowest BCUT2D eigenvalue weighted by atomic mass is 10.2. The Morgan fingerprint density at radius 1 is 1.35 bits per heavy atom. The Morgan fingerprint density at radius 3 is 2.55 bits per heavy atom. The fourth-order valence-corrected chi connectivity index (χ4v) is 1.96. The Labute approximate surface area is 124 Å². The normalized spacial score (nSPS) is 10.3. The summed E-state index contributed by atoms with van der Waals surface area (Å²) in [7, 11) is 1.29. The summed E-state index contributed by atoms with van der Waals surface area (Å²) in [5, 5.41) is 5.42. The van der Waals surface area contributed by atoms with Gasteiger partial charge in [-0.1, -0.05) is 43.3 Å². The molecule has 1 atom stereocenters. The van der Waals surface area contributed by atoms with Crippen molar-refractivity contribution in [2.24, 2.45) is 0 Å². The van der Waals surface area contributed by atoms with Crippen LogP contribution in [0.5, 0.6) is 0 Å². The minimum atomic E-state index is -0.669. The smallest absolute Gasteiger partial charge is 0.329 e. The van der Waals surface area contributed by atoms with Crippen LogP contribution in [0, 0.1) is 11.2 Å². The van der Waals surface area contributed by atoms with Crippen molar-refractivity contribution in [2.45, 2.75) is 20.4 Å². The first-order valence-corrected chi connectivity index (χ1v) is 6.65. The van der Waals surface area contributed by atoms with Crippen LogP contribution < -0.4 is 5.32 Å². The Bertz CT molecular complexity index is 491. The highest BCUT2D eigenvalue weighted by Gasteiger charge is 2.19. The molecule has 4 nitrogen and oxygen atoms in total. The van der Waals surface area contributed by atoms with Crippen LogP contribution in [-0.4, -0.2) is 30.8 Å². The third-order valence-corrected chi connectivity index (χ3v) is 2.90. The van der Waals surface area contributed by atoms with Gasteiger partial charge in [0, 0.05) is 18.2 Å². The second kappa shape index (κ2) is 9.93. The van der Waals surface area contributed by atoms with E-state index in [4.69, 9.17) is 0 Å². The number of amides is 1. The summed E-state index contributed by atoms with van der Waals surface area (Å²) >= 11 is 1.27. The van der Waals surface area contributed by atoms with Crippen LogP contribution in [0.3, 0.4) is 0 Å². The maximum Gasteiger partial charge on any atom is 0.329 e. The predicted octanol–water partition coefficient (Wildman–Crippen LogP) is 2.04. The van der Waals surface area contributed by atoms with Crippen LogP contribution in [0.15, 0.2) is 30.3 Å². The van der Waals surface area contributed by atoms with Crippen LogP contribution in [0.1, 0.15) is 19.9 Å². The minimum absolute atomic E-state index is 0. The molecule has 108 valence electrons. The van der Waals surface area contributed by atoms with Gasteiger partial charge in [-0.05, 0) is 17.4 Å². The molecule has 0 aromatic heterocycles. The Morgan fingerprint density at radius 2 is 2.00 bits per heavy atom. The molecule has 0 saturated carbocycles. The zero-order chi connectivity index (χ0) is 14.1. The molecule has 1 rings (SSSR count). The molecule has 0 aliphatic heterocycles. The Balaban J connectivity index is 0.00000361. The number of benzene rings is 1. The molecule has 1 N–H and O–H groups in total. The van der Waals surface area contributed by atoms with Gasteiger partial charge in [0.1, 0.15) is 6.04 Å². The van der Waals surface area contributed by atoms with Crippen LogP contribution in [0.4, 0.5) is 0 Å². The molecule has 1 aromatic rings. The van der Waals surface area contributed by atoms with E-state index in [1.165, 1.54) is 25.8 Å². The molecule has 0 saturated heterocycles. The van der Waals surface area contributed by atoms with Crippen LogP contribution >= 0.6 is 11.8 Å². The highest BCUT2D eigenvalue weighted by Crippen LogP contribution is 2.04. The van der Waals surface area contributed by atoms with Crippen molar-refractivity contribution in [3.63, 3.8) is 0 Å². The lowest BCUT2D eigenvalue weighted by molar-refractivity contribution is -0.144. The Hall–Kier alpha value is -1.93. The van der Waals surface area contributed by atoms with Crippen LogP contribution in [-0.2, 0) is 14.3 Å². The molecule has 20 heavy (non-hydrogen) atoms. The summed E-state index contributed by atoms with van der Waals surface area (Å²) in [6, 6.07) is 8.87. The van der Waals surface area contributed by atoms with E-state index >= 15 is 0 Å². The van der Waals surface area contributed by atoms with E-state index in [0.717, 1.165) is 5.56 Å². The van der Waals surface area contributed by atoms with Gasteiger partial charge in [0.2, 0.25) is 5.91 Å². The van der Waals surface area contributed by atoms with Crippen molar-refractivity contribution in [3.05, 3.63) is 35.9 Å². The summed E-state index contributed by atoms with van der Waals surface area (Å²) in [6.45, 7) is 1.36. The number of carbonyl (C=O) groups excluding carboxylic acids is 2. The summed E-state index contributed by atoms with van der Waals surface area (Å²) in [5.41, 5.74) is 0.907. The van der Waals surface area contributed by atoms with E-state index in [9.17, 15) is 9.59 Å². The molecule has 1 amide bonds. The van der Waals surface area contributed by atoms with E-state index in [2.05, 4.69) is 21.2 Å². The maximum absolute atomic E-state index is 11.4. The first-order valence-electron chi connectivity index (χ1n) is 5.66. The summed E-state index contributed by atoms with van der Waals surface area (Å²) in [6.07, 6.45) is 0. The third-order valence-electron chi connectivity index (χ3n) is 2.15. The molecule has 0 fully saturated rings. The number of esters is 1. The van der Waals surface area contributed by atoms with Gasteiger partial charge in [0.05, 0.1) is 7.11 Å². The first-order chi connectivity index (χ1) is 9.13. The molecule has 1 aromatic carbocycles. The quantitative estimate of drug-likeness (QED) is 0.682. The fraction of sp³-hybridized carbons (Fsp3) is 0.333. The number of hydrogen-bond acceptors (Lipinski definition) is 4. The second-order valence-corrected chi connectivity index (χ2v) is 4.51. The average molecular weight is 293 g/mol. The number of hydrogen-bond donors (Lipinski definition) is 1. The average Bonchev–Trinajstić information content (AvgIpc) is 2.42. The van der Waals surface area contributed by atoms with Crippen molar-refractivity contribution in [2.75, 3.05) is 12.9 Å². The lowest BCUT2D eigenvalue weighted by Crippen LogP contribution is -2.42. The molecule has 0 spiro atoms. The number of thioether (sulfide) groups is 1. The van der Waals surface area contributed by atoms with Gasteiger partial charge in [0.25, 0.3) is 0 Å². The molecular weight excluding hydrogens is 274 g/mol. The second-order valence-electron chi connectivity index (χ2n) is 3.68. The van der Waals surface area contributed by atoms with Gasteiger partial charge in [-0.2, -0.15) is 0 Å². The molecule has 5 heteroatoms. The van der Waals surface area contributed by atoms with Crippen molar-refractivity contribution in [3.8, 4) is 11.2 Å². The molecule has 0 radical (unpaired) electrons. The highest BCUT2D eigenvalue weighted by molar-refractivity contribution is 8.03. The maximum atomic E-state index is 11.4. The van der Waals surface area contributed by atoms with Crippen LogP contribution in [0.2, 0.25) is 0 Å². The number of rotatable bonds is 4. The summed E-state index contributed by atoms with van der Waals surface area (Å²) < 4.78 is 4.61. The zero-order valence-corrected chi connectivity index (χ0v) is 11.6. The summed E-state index contributed by atoms with van der Waals surface area (Å²) in [4.78, 5) is 22.4. The monoisotopic (exact) mass is 293 g/mol. The Kier molecular flexibility index (Phi) is 8.97. The summed E-state index contributed by atoms with van der Waals surface area (Å²) in [5.74, 6) is 2.57. The predicted molar refractivity (Wildman–Crippen MR) is 82.1 cm³/mol. The first kappa shape index (κ1) is 18.1. The van der Waals surface area contributed by atoms with Crippen molar-refractivity contribution < 1.29 is 14.3 Å². The number of nitrogens with one attached hydrogen (secondary N) is 1. The largest absolute Gasteiger partial charge is 0.467 e. The van der Waals surface area contributed by atoms with Crippen molar-refractivity contribution >= 4 is 23.6 Å². The number of carbonyl (C=O) groups is 2. The molecular formula is C15H19NO3S. The van der Waals surface area contributed by atoms with E-state index in [0.29, 0.717) is 5.75 Å². The van der Waals surface area contributed by atoms with Gasteiger partial charge in [-0.25, -0.2) is 4.79 Å². The van der Waals surface area contributed by atoms with Gasteiger partial charge >= 0.3 is 5.97 Å². The van der Waals surface area contributed by atoms with Crippen LogP contribution in [0.25, 0.3) is 0 Å². The molecule has 0 unspecified atom stereocenters. The molecule has 0 heterocycles. The van der Waals surface area contributed by atoms with Crippen molar-refractivity contribution in [1.29, 1.82) is 0 Å². The van der Waals surface area contributed by atoms with E-state index < -0.39 is 12.0 Å². The molecule has 0 bridgehead atoms. The standard InChI is InChI=1S/C14H15NO3S.CH4/c1-11(16)15-13(14(17)18-2)10-19-9-8-12-6-4-3-5-7-12;/h3-7,13H,10H2,1-2H3,(H,15,16);1H4/t13-;/m0./s1. The zero-order valence-electron chi connectivity index (χ0n) is 10.8. The van der Waals surface area contributed by atoms with Crippen molar-refractivity contribution in [1.82, 2.24) is 5.32 Å². The third kappa shape index (κ3) is 6.86. The van der Waals surface area contributed by atoms with E-state index in [-0.39, 0.29) is 13.3 Å². The van der Waals surface area contributed by atoms with E-state index in [1.54, 1.807) is 0 Å². The molecule has 0 aliphatic rings. The molecule has 0 aliphatic carbocycles. The number of methoxy groups -OCH3 is 1. The van der Waals surface area contributed by atoms with Gasteiger partial charge < -0.3 is 10.1 Å². The van der Waals surface area contributed by atoms with Gasteiger partial charge in [-0.15, -0.1) is 0 Å². The number of ether oxygens (including phenoxy) is 1. The lowest BCUT2D eigenvalue weighted by Gasteiger charge is -2.12. The minimum Gasteiger partial charge on any atom is -0.467 e. The van der Waals surface area contributed by atoms with E-state index in [1.807, 2.05) is 30.3 Å². The van der Waals surface area contributed by atoms with Gasteiger partial charge in [-0.3, -0.25) is 4.79 Å². The highest BCUT2D eigenvalue weighted by atomic mass is 32.2. The van der Waals surface area contributed by atoms with Gasteiger partial charge in [0.15, 0.2) is 0 Å². The fourth-order valence-electron chi connectivity index (χ4n) is 1.30. The SMILES string of the molecule is C.COC(=O)[C@H](CSC#Cc1ccccc1)NC(C)=O.